The highest BCUT2D eigenvalue weighted by molar-refractivity contribution is 7.99. The van der Waals surface area contributed by atoms with Crippen molar-refractivity contribution in [3.63, 3.8) is 0 Å². The molecule has 5 nitrogen and oxygen atoms in total. The van der Waals surface area contributed by atoms with E-state index in [1.54, 1.807) is 13.1 Å². The number of nitro benzene ring substituents is 1. The molecule has 1 aliphatic rings. The zero-order valence-electron chi connectivity index (χ0n) is 10.9. The molecule has 6 heteroatoms. The predicted molar refractivity (Wildman–Crippen MR) is 77.8 cm³/mol. The van der Waals surface area contributed by atoms with Gasteiger partial charge in [0.25, 0.3) is 5.69 Å². The Balaban J connectivity index is 2.06. The van der Waals surface area contributed by atoms with E-state index in [1.807, 2.05) is 17.8 Å². The number of hydrogen-bond acceptors (Lipinski definition) is 5. The summed E-state index contributed by atoms with van der Waals surface area (Å²) in [7, 11) is 1.73. The van der Waals surface area contributed by atoms with Gasteiger partial charge < -0.3 is 10.1 Å². The molecule has 0 aliphatic carbocycles. The predicted octanol–water partition coefficient (Wildman–Crippen LogP) is 3.05. The number of ether oxygens (including phenoxy) is 1. The van der Waals surface area contributed by atoms with E-state index < -0.39 is 0 Å². The van der Waals surface area contributed by atoms with Gasteiger partial charge >= 0.3 is 0 Å². The van der Waals surface area contributed by atoms with Crippen molar-refractivity contribution in [2.24, 2.45) is 0 Å². The lowest BCUT2D eigenvalue weighted by atomic mass is 10.1. The molecule has 0 saturated carbocycles. The van der Waals surface area contributed by atoms with Crippen LogP contribution in [-0.2, 0) is 10.5 Å². The Morgan fingerprint density at radius 2 is 2.21 bits per heavy atom. The number of hydrogen-bond donors (Lipinski definition) is 1. The van der Waals surface area contributed by atoms with E-state index in [9.17, 15) is 10.1 Å². The first-order valence-corrected chi connectivity index (χ1v) is 7.40. The third-order valence-electron chi connectivity index (χ3n) is 3.22. The maximum absolute atomic E-state index is 11.0. The molecule has 0 amide bonds. The molecule has 19 heavy (non-hydrogen) atoms. The third-order valence-corrected chi connectivity index (χ3v) is 4.64. The van der Waals surface area contributed by atoms with Crippen LogP contribution in [0.5, 0.6) is 0 Å². The molecular weight excluding hydrogens is 264 g/mol. The van der Waals surface area contributed by atoms with E-state index in [4.69, 9.17) is 4.74 Å². The molecule has 1 saturated heterocycles. The van der Waals surface area contributed by atoms with Crippen molar-refractivity contribution < 1.29 is 9.66 Å². The number of anilines is 1. The minimum atomic E-state index is -0.339. The summed E-state index contributed by atoms with van der Waals surface area (Å²) < 4.78 is 5.33. The number of nitrogens with zero attached hydrogens (tertiary/aromatic N) is 1. The molecule has 2 rings (SSSR count). The summed E-state index contributed by atoms with van der Waals surface area (Å²) in [5.74, 6) is 0.794. The molecule has 0 radical (unpaired) electrons. The molecule has 1 N–H and O–H groups in total. The summed E-state index contributed by atoms with van der Waals surface area (Å²) in [5.41, 5.74) is 1.77. The van der Waals surface area contributed by atoms with Crippen LogP contribution in [0, 0.1) is 10.1 Å². The third kappa shape index (κ3) is 3.61. The summed E-state index contributed by atoms with van der Waals surface area (Å²) in [6.07, 6.45) is 2.13. The standard InChI is InChI=1S/C13H18N2O3S/c1-14-13-10(3-2-4-12(13)15(16)17)9-19-11-5-7-18-8-6-11/h2-4,11,14H,5-9H2,1H3. The van der Waals surface area contributed by atoms with E-state index in [-0.39, 0.29) is 10.6 Å². The van der Waals surface area contributed by atoms with Crippen molar-refractivity contribution in [1.29, 1.82) is 0 Å². The number of nitro groups is 1. The Morgan fingerprint density at radius 1 is 1.47 bits per heavy atom. The Hall–Kier alpha value is -1.27. The summed E-state index contributed by atoms with van der Waals surface area (Å²) >= 11 is 1.86. The highest BCUT2D eigenvalue weighted by Gasteiger charge is 2.18. The minimum Gasteiger partial charge on any atom is -0.382 e. The highest BCUT2D eigenvalue weighted by atomic mass is 32.2. The Morgan fingerprint density at radius 3 is 2.84 bits per heavy atom. The van der Waals surface area contributed by atoms with Crippen LogP contribution in [0.25, 0.3) is 0 Å². The lowest BCUT2D eigenvalue weighted by Crippen LogP contribution is -2.17. The van der Waals surface area contributed by atoms with Crippen molar-refractivity contribution in [2.75, 3.05) is 25.6 Å². The molecule has 1 fully saturated rings. The fourth-order valence-electron chi connectivity index (χ4n) is 2.20. The van der Waals surface area contributed by atoms with E-state index in [2.05, 4.69) is 5.32 Å². The summed E-state index contributed by atoms with van der Waals surface area (Å²) in [6.45, 7) is 1.65. The lowest BCUT2D eigenvalue weighted by molar-refractivity contribution is -0.384. The van der Waals surface area contributed by atoms with Gasteiger partial charge in [0.1, 0.15) is 5.69 Å². The van der Waals surface area contributed by atoms with Crippen LogP contribution in [0.2, 0.25) is 0 Å². The Bertz CT molecular complexity index is 448. The number of thioether (sulfide) groups is 1. The van der Waals surface area contributed by atoms with Gasteiger partial charge in [-0.2, -0.15) is 11.8 Å². The zero-order chi connectivity index (χ0) is 13.7. The number of rotatable bonds is 5. The van der Waals surface area contributed by atoms with Crippen LogP contribution in [0.1, 0.15) is 18.4 Å². The molecular formula is C13H18N2O3S. The number of nitrogens with one attached hydrogen (secondary N) is 1. The van der Waals surface area contributed by atoms with Gasteiger partial charge in [0, 0.05) is 37.3 Å². The van der Waals surface area contributed by atoms with Gasteiger partial charge in [-0.25, -0.2) is 0 Å². The van der Waals surface area contributed by atoms with E-state index >= 15 is 0 Å². The van der Waals surface area contributed by atoms with E-state index in [1.165, 1.54) is 6.07 Å². The van der Waals surface area contributed by atoms with Gasteiger partial charge in [0.2, 0.25) is 0 Å². The molecule has 1 aliphatic heterocycles. The fraction of sp³-hybridized carbons (Fsp3) is 0.538. The maximum atomic E-state index is 11.0. The quantitative estimate of drug-likeness (QED) is 0.664. The summed E-state index contributed by atoms with van der Waals surface area (Å²) in [5, 5.41) is 14.5. The largest absolute Gasteiger partial charge is 0.382 e. The molecule has 0 atom stereocenters. The van der Waals surface area contributed by atoms with Crippen LogP contribution in [0.3, 0.4) is 0 Å². The van der Waals surface area contributed by atoms with Gasteiger partial charge in [-0.3, -0.25) is 10.1 Å². The topological polar surface area (TPSA) is 64.4 Å². The minimum absolute atomic E-state index is 0.146. The zero-order valence-corrected chi connectivity index (χ0v) is 11.7. The smallest absolute Gasteiger partial charge is 0.292 e. The van der Waals surface area contributed by atoms with Crippen molar-refractivity contribution in [2.45, 2.75) is 23.8 Å². The number of benzene rings is 1. The molecule has 0 spiro atoms. The molecule has 1 aromatic carbocycles. The lowest BCUT2D eigenvalue weighted by Gasteiger charge is -2.21. The Labute approximate surface area is 116 Å². The van der Waals surface area contributed by atoms with Crippen LogP contribution < -0.4 is 5.32 Å². The first-order chi connectivity index (χ1) is 9.22. The average molecular weight is 282 g/mol. The van der Waals surface area contributed by atoms with Crippen LogP contribution >= 0.6 is 11.8 Å². The van der Waals surface area contributed by atoms with Crippen LogP contribution in [0.4, 0.5) is 11.4 Å². The molecule has 0 bridgehead atoms. The first-order valence-electron chi connectivity index (χ1n) is 6.35. The first kappa shape index (κ1) is 14.1. The Kier molecular flexibility index (Phi) is 5.04. The van der Waals surface area contributed by atoms with Gasteiger partial charge in [0.15, 0.2) is 0 Å². The van der Waals surface area contributed by atoms with Crippen molar-refractivity contribution in [1.82, 2.24) is 0 Å². The van der Waals surface area contributed by atoms with Crippen molar-refractivity contribution >= 4 is 23.1 Å². The van der Waals surface area contributed by atoms with Gasteiger partial charge in [-0.05, 0) is 18.4 Å². The van der Waals surface area contributed by atoms with Crippen LogP contribution in [-0.4, -0.2) is 30.4 Å². The van der Waals surface area contributed by atoms with Crippen molar-refractivity contribution in [3.05, 3.63) is 33.9 Å². The van der Waals surface area contributed by atoms with Gasteiger partial charge in [-0.15, -0.1) is 0 Å². The second-order valence-electron chi connectivity index (χ2n) is 4.44. The average Bonchev–Trinajstić information content (AvgIpc) is 2.45. The normalized spacial score (nSPS) is 16.3. The molecule has 1 aromatic rings. The van der Waals surface area contributed by atoms with Crippen LogP contribution in [0.15, 0.2) is 18.2 Å². The molecule has 1 heterocycles. The van der Waals surface area contributed by atoms with E-state index in [0.717, 1.165) is 37.4 Å². The molecule has 0 unspecified atom stereocenters. The summed E-state index contributed by atoms with van der Waals surface area (Å²) in [4.78, 5) is 10.6. The molecule has 0 aromatic heterocycles. The second-order valence-corrected chi connectivity index (χ2v) is 5.73. The second kappa shape index (κ2) is 6.77. The van der Waals surface area contributed by atoms with Gasteiger partial charge in [0.05, 0.1) is 4.92 Å². The number of para-hydroxylation sites is 1. The fourth-order valence-corrected chi connectivity index (χ4v) is 3.38. The monoisotopic (exact) mass is 282 g/mol. The summed E-state index contributed by atoms with van der Waals surface area (Å²) in [6, 6.07) is 5.23. The molecule has 104 valence electrons. The van der Waals surface area contributed by atoms with Gasteiger partial charge in [-0.1, -0.05) is 12.1 Å². The maximum Gasteiger partial charge on any atom is 0.292 e. The highest BCUT2D eigenvalue weighted by Crippen LogP contribution is 2.33. The SMILES string of the molecule is CNc1c(CSC2CCOCC2)cccc1[N+](=O)[O-]. The van der Waals surface area contributed by atoms with Crippen molar-refractivity contribution in [3.8, 4) is 0 Å². The van der Waals surface area contributed by atoms with E-state index in [0.29, 0.717) is 10.9 Å².